The summed E-state index contributed by atoms with van der Waals surface area (Å²) in [6.45, 7) is 0. The van der Waals surface area contributed by atoms with Crippen LogP contribution in [-0.2, 0) is 0 Å². The van der Waals surface area contributed by atoms with Crippen LogP contribution in [0.2, 0.25) is 0 Å². The monoisotopic (exact) mass is 449 g/mol. The minimum atomic E-state index is -1.05. The zero-order valence-corrected chi connectivity index (χ0v) is 16.0. The maximum atomic E-state index is 12.5. The van der Waals surface area contributed by atoms with Crippen LogP contribution in [0.25, 0.3) is 0 Å². The molecule has 1 aliphatic rings. The molecule has 0 unspecified atom stereocenters. The van der Waals surface area contributed by atoms with Gasteiger partial charge in [-0.2, -0.15) is 0 Å². The molecule has 2 aromatic carbocycles. The van der Waals surface area contributed by atoms with Crippen LogP contribution in [0.4, 0.5) is 5.69 Å². The predicted octanol–water partition coefficient (Wildman–Crippen LogP) is 5.29. The van der Waals surface area contributed by atoms with Crippen LogP contribution >= 0.6 is 22.6 Å². The lowest BCUT2D eigenvalue weighted by Gasteiger charge is -2.22. The van der Waals surface area contributed by atoms with E-state index in [4.69, 9.17) is 0 Å². The highest BCUT2D eigenvalue weighted by Gasteiger charge is 2.17. The van der Waals surface area contributed by atoms with E-state index >= 15 is 0 Å². The molecule has 0 heterocycles. The number of carbonyl (C=O) groups excluding carboxylic acids is 1. The molecular formula is C20H20INO3. The Morgan fingerprint density at radius 2 is 1.68 bits per heavy atom. The minimum Gasteiger partial charge on any atom is -0.478 e. The molecule has 130 valence electrons. The number of carboxylic acid groups (broad SMARTS) is 1. The summed E-state index contributed by atoms with van der Waals surface area (Å²) in [5.74, 6) is -0.749. The van der Waals surface area contributed by atoms with Crippen LogP contribution < -0.4 is 5.32 Å². The van der Waals surface area contributed by atoms with Gasteiger partial charge < -0.3 is 10.4 Å². The summed E-state index contributed by atoms with van der Waals surface area (Å²) in [6, 6.07) is 12.6. The van der Waals surface area contributed by atoms with Gasteiger partial charge in [0.2, 0.25) is 0 Å². The lowest BCUT2D eigenvalue weighted by molar-refractivity contribution is 0.0698. The van der Waals surface area contributed by atoms with Crippen LogP contribution in [-0.4, -0.2) is 17.0 Å². The highest BCUT2D eigenvalue weighted by Crippen LogP contribution is 2.32. The predicted molar refractivity (Wildman–Crippen MR) is 106 cm³/mol. The number of hydrogen-bond donors (Lipinski definition) is 2. The quantitative estimate of drug-likeness (QED) is 0.624. The van der Waals surface area contributed by atoms with Gasteiger partial charge in [0.05, 0.1) is 11.3 Å². The van der Waals surface area contributed by atoms with Gasteiger partial charge in [0.25, 0.3) is 5.91 Å². The minimum absolute atomic E-state index is 0.0964. The summed E-state index contributed by atoms with van der Waals surface area (Å²) < 4.78 is 0.810. The van der Waals surface area contributed by atoms with Gasteiger partial charge in [-0.1, -0.05) is 31.4 Å². The van der Waals surface area contributed by atoms with E-state index in [1.54, 1.807) is 18.2 Å². The molecule has 1 aliphatic carbocycles. The first kappa shape index (κ1) is 17.9. The number of carbonyl (C=O) groups is 2. The Hall–Kier alpha value is -1.89. The summed E-state index contributed by atoms with van der Waals surface area (Å²) >= 11 is 2.05. The van der Waals surface area contributed by atoms with Crippen molar-refractivity contribution >= 4 is 40.2 Å². The molecule has 1 amide bonds. The second-order valence-corrected chi connectivity index (χ2v) is 7.65. The zero-order chi connectivity index (χ0) is 17.8. The van der Waals surface area contributed by atoms with E-state index in [2.05, 4.69) is 5.32 Å². The summed E-state index contributed by atoms with van der Waals surface area (Å²) in [5.41, 5.74) is 2.24. The molecule has 2 N–H and O–H groups in total. The van der Waals surface area contributed by atoms with E-state index in [0.29, 0.717) is 17.2 Å². The Morgan fingerprint density at radius 3 is 2.32 bits per heavy atom. The zero-order valence-electron chi connectivity index (χ0n) is 13.8. The third-order valence-electron chi connectivity index (χ3n) is 4.71. The molecule has 0 spiro atoms. The molecule has 2 aromatic rings. The van der Waals surface area contributed by atoms with E-state index in [-0.39, 0.29) is 11.5 Å². The van der Waals surface area contributed by atoms with Gasteiger partial charge in [-0.25, -0.2) is 4.79 Å². The topological polar surface area (TPSA) is 66.4 Å². The van der Waals surface area contributed by atoms with Crippen LogP contribution in [0.1, 0.15) is 64.3 Å². The van der Waals surface area contributed by atoms with Gasteiger partial charge in [-0.3, -0.25) is 4.79 Å². The molecule has 0 aromatic heterocycles. The average molecular weight is 449 g/mol. The molecule has 1 fully saturated rings. The fourth-order valence-corrected chi connectivity index (χ4v) is 3.83. The molecular weight excluding hydrogens is 429 g/mol. The summed E-state index contributed by atoms with van der Waals surface area (Å²) in [4.78, 5) is 23.8. The number of amides is 1. The van der Waals surface area contributed by atoms with Crippen molar-refractivity contribution in [2.75, 3.05) is 5.32 Å². The Kier molecular flexibility index (Phi) is 5.73. The fraction of sp³-hybridized carbons (Fsp3) is 0.300. The number of carboxylic acids is 1. The number of anilines is 1. The maximum Gasteiger partial charge on any atom is 0.337 e. The highest BCUT2D eigenvalue weighted by atomic mass is 127. The van der Waals surface area contributed by atoms with Gasteiger partial charge in [0.15, 0.2) is 0 Å². The van der Waals surface area contributed by atoms with Crippen molar-refractivity contribution in [1.29, 1.82) is 0 Å². The van der Waals surface area contributed by atoms with E-state index in [9.17, 15) is 14.7 Å². The lowest BCUT2D eigenvalue weighted by Crippen LogP contribution is -2.15. The number of hydrogen-bond acceptors (Lipinski definition) is 2. The van der Waals surface area contributed by atoms with Crippen LogP contribution in [0.5, 0.6) is 0 Å². The Balaban J connectivity index is 1.74. The molecule has 4 nitrogen and oxygen atoms in total. The van der Waals surface area contributed by atoms with Crippen LogP contribution in [0, 0.1) is 3.57 Å². The smallest absolute Gasteiger partial charge is 0.337 e. The third-order valence-corrected chi connectivity index (χ3v) is 5.38. The van der Waals surface area contributed by atoms with Gasteiger partial charge in [-0.15, -0.1) is 0 Å². The Morgan fingerprint density at radius 1 is 1.00 bits per heavy atom. The van der Waals surface area contributed by atoms with Crippen molar-refractivity contribution in [2.24, 2.45) is 0 Å². The first-order chi connectivity index (χ1) is 12.0. The van der Waals surface area contributed by atoms with Crippen molar-refractivity contribution in [3.8, 4) is 0 Å². The van der Waals surface area contributed by atoms with Gasteiger partial charge in [0.1, 0.15) is 0 Å². The van der Waals surface area contributed by atoms with E-state index in [1.807, 2.05) is 46.9 Å². The molecule has 0 radical (unpaired) electrons. The van der Waals surface area contributed by atoms with E-state index in [1.165, 1.54) is 37.7 Å². The second-order valence-electron chi connectivity index (χ2n) is 6.41. The van der Waals surface area contributed by atoms with Crippen molar-refractivity contribution in [2.45, 2.75) is 38.0 Å². The molecule has 25 heavy (non-hydrogen) atoms. The van der Waals surface area contributed by atoms with Crippen molar-refractivity contribution in [3.05, 3.63) is 62.7 Å². The van der Waals surface area contributed by atoms with Gasteiger partial charge in [0, 0.05) is 9.13 Å². The van der Waals surface area contributed by atoms with Crippen LogP contribution in [0.15, 0.2) is 42.5 Å². The fourth-order valence-electron chi connectivity index (χ4n) is 3.34. The average Bonchev–Trinajstić information content (AvgIpc) is 2.64. The first-order valence-electron chi connectivity index (χ1n) is 8.49. The lowest BCUT2D eigenvalue weighted by atomic mass is 9.84. The van der Waals surface area contributed by atoms with E-state index < -0.39 is 5.97 Å². The van der Waals surface area contributed by atoms with Crippen molar-refractivity contribution < 1.29 is 14.7 Å². The molecule has 1 saturated carbocycles. The molecule has 0 aliphatic heterocycles. The highest BCUT2D eigenvalue weighted by molar-refractivity contribution is 14.1. The van der Waals surface area contributed by atoms with E-state index in [0.717, 1.165) is 3.57 Å². The largest absolute Gasteiger partial charge is 0.478 e. The summed E-state index contributed by atoms with van der Waals surface area (Å²) in [5, 5.41) is 12.0. The normalized spacial score (nSPS) is 14.9. The number of benzene rings is 2. The number of rotatable bonds is 4. The summed E-state index contributed by atoms with van der Waals surface area (Å²) in [7, 11) is 0. The molecule has 5 heteroatoms. The maximum absolute atomic E-state index is 12.5. The summed E-state index contributed by atoms with van der Waals surface area (Å²) in [6.07, 6.45) is 6.31. The Bertz CT molecular complexity index is 780. The molecule has 0 saturated heterocycles. The number of nitrogens with one attached hydrogen (secondary N) is 1. The first-order valence-corrected chi connectivity index (χ1v) is 9.56. The number of halogens is 1. The SMILES string of the molecule is O=C(Nc1ccc(I)cc1C(=O)O)c1ccc(C2CCCCC2)cc1. The molecule has 3 rings (SSSR count). The molecule has 0 atom stereocenters. The second kappa shape index (κ2) is 7.99. The Labute approximate surface area is 160 Å². The van der Waals surface area contributed by atoms with Crippen molar-refractivity contribution in [3.63, 3.8) is 0 Å². The van der Waals surface area contributed by atoms with Gasteiger partial charge in [-0.05, 0) is 77.2 Å². The third kappa shape index (κ3) is 4.39. The van der Waals surface area contributed by atoms with Crippen LogP contribution in [0.3, 0.4) is 0 Å². The standard InChI is InChI=1S/C20H20INO3/c21-16-10-11-18(17(12-16)20(24)25)22-19(23)15-8-6-14(7-9-15)13-4-2-1-3-5-13/h6-13H,1-5H2,(H,22,23)(H,24,25). The number of aromatic carboxylic acids is 1. The van der Waals surface area contributed by atoms with Gasteiger partial charge >= 0.3 is 5.97 Å². The van der Waals surface area contributed by atoms with Crippen molar-refractivity contribution in [1.82, 2.24) is 0 Å². The molecule has 0 bridgehead atoms.